The number of aryl methyl sites for hydroxylation is 1. The molecule has 2 aromatic rings. The molecule has 1 aromatic heterocycles. The summed E-state index contributed by atoms with van der Waals surface area (Å²) in [5, 5.41) is 11.7. The van der Waals surface area contributed by atoms with E-state index in [9.17, 15) is 0 Å². The predicted octanol–water partition coefficient (Wildman–Crippen LogP) is 2.15. The van der Waals surface area contributed by atoms with Gasteiger partial charge in [0.1, 0.15) is 0 Å². The molecule has 6 nitrogen and oxygen atoms in total. The van der Waals surface area contributed by atoms with Gasteiger partial charge in [-0.15, -0.1) is 10.2 Å². The summed E-state index contributed by atoms with van der Waals surface area (Å²) in [6.07, 6.45) is 4.44. The van der Waals surface area contributed by atoms with Crippen molar-refractivity contribution in [1.82, 2.24) is 15.5 Å². The number of nitrogens with zero attached hydrogens (tertiary/aromatic N) is 2. The smallest absolute Gasteiger partial charge is 0.247 e. The molecule has 110 valence electrons. The van der Waals surface area contributed by atoms with Crippen LogP contribution in [0.25, 0.3) is 11.5 Å². The summed E-state index contributed by atoms with van der Waals surface area (Å²) in [4.78, 5) is 0. The SMILES string of the molecule is c1cc2c(cc1-c1nnc(CCCNC3CC3)o1)OCO2. The molecular weight excluding hydrogens is 270 g/mol. The molecule has 4 rings (SSSR count). The van der Waals surface area contributed by atoms with Crippen molar-refractivity contribution in [2.45, 2.75) is 31.7 Å². The van der Waals surface area contributed by atoms with Gasteiger partial charge in [0.2, 0.25) is 18.6 Å². The lowest BCUT2D eigenvalue weighted by molar-refractivity contribution is 0.174. The number of aromatic nitrogens is 2. The van der Waals surface area contributed by atoms with Crippen LogP contribution < -0.4 is 14.8 Å². The van der Waals surface area contributed by atoms with Crippen molar-refractivity contribution < 1.29 is 13.9 Å². The first-order chi connectivity index (χ1) is 10.4. The van der Waals surface area contributed by atoms with Gasteiger partial charge in [-0.25, -0.2) is 0 Å². The fourth-order valence-corrected chi connectivity index (χ4v) is 2.33. The second-order valence-electron chi connectivity index (χ2n) is 5.40. The Hall–Kier alpha value is -2.08. The number of hydrogen-bond acceptors (Lipinski definition) is 6. The van der Waals surface area contributed by atoms with Crippen LogP contribution >= 0.6 is 0 Å². The normalized spacial score (nSPS) is 16.4. The third kappa shape index (κ3) is 2.85. The number of nitrogens with one attached hydrogen (secondary N) is 1. The number of hydrogen-bond donors (Lipinski definition) is 1. The molecule has 0 saturated heterocycles. The van der Waals surface area contributed by atoms with Crippen molar-refractivity contribution in [3.63, 3.8) is 0 Å². The summed E-state index contributed by atoms with van der Waals surface area (Å²) in [6.45, 7) is 1.27. The van der Waals surface area contributed by atoms with Crippen LogP contribution in [0, 0.1) is 0 Å². The Balaban J connectivity index is 1.39. The molecule has 0 amide bonds. The monoisotopic (exact) mass is 287 g/mol. The van der Waals surface area contributed by atoms with E-state index in [0.717, 1.165) is 42.5 Å². The lowest BCUT2D eigenvalue weighted by atomic mass is 10.2. The van der Waals surface area contributed by atoms with Crippen LogP contribution in [0.3, 0.4) is 0 Å². The Morgan fingerprint density at radius 1 is 1.14 bits per heavy atom. The van der Waals surface area contributed by atoms with E-state index < -0.39 is 0 Å². The molecule has 2 aliphatic rings. The highest BCUT2D eigenvalue weighted by Gasteiger charge is 2.20. The molecule has 0 atom stereocenters. The summed E-state index contributed by atoms with van der Waals surface area (Å²) in [5.41, 5.74) is 0.856. The highest BCUT2D eigenvalue weighted by molar-refractivity contribution is 5.60. The second-order valence-corrected chi connectivity index (χ2v) is 5.40. The van der Waals surface area contributed by atoms with Gasteiger partial charge in [-0.2, -0.15) is 0 Å². The molecule has 1 aromatic carbocycles. The van der Waals surface area contributed by atoms with Crippen LogP contribution in [0.15, 0.2) is 22.6 Å². The zero-order chi connectivity index (χ0) is 14.1. The van der Waals surface area contributed by atoms with Gasteiger partial charge in [-0.3, -0.25) is 0 Å². The van der Waals surface area contributed by atoms with Crippen molar-refractivity contribution >= 4 is 0 Å². The van der Waals surface area contributed by atoms with Gasteiger partial charge >= 0.3 is 0 Å². The van der Waals surface area contributed by atoms with Crippen LogP contribution in [-0.2, 0) is 6.42 Å². The molecule has 1 aliphatic carbocycles. The van der Waals surface area contributed by atoms with Gasteiger partial charge in [0.05, 0.1) is 0 Å². The van der Waals surface area contributed by atoms with Gasteiger partial charge < -0.3 is 19.2 Å². The van der Waals surface area contributed by atoms with E-state index in [2.05, 4.69) is 15.5 Å². The van der Waals surface area contributed by atoms with Crippen molar-refractivity contribution in [3.8, 4) is 23.0 Å². The maximum Gasteiger partial charge on any atom is 0.247 e. The molecule has 0 unspecified atom stereocenters. The molecule has 1 saturated carbocycles. The average Bonchev–Trinajstić information content (AvgIpc) is 3.02. The molecule has 1 fully saturated rings. The van der Waals surface area contributed by atoms with Crippen LogP contribution in [0.5, 0.6) is 11.5 Å². The van der Waals surface area contributed by atoms with Crippen LogP contribution in [0.4, 0.5) is 0 Å². The molecule has 1 N–H and O–H groups in total. The van der Waals surface area contributed by atoms with Crippen molar-refractivity contribution in [2.75, 3.05) is 13.3 Å². The molecular formula is C15H17N3O3. The van der Waals surface area contributed by atoms with Crippen LogP contribution in [-0.4, -0.2) is 29.6 Å². The predicted molar refractivity (Wildman–Crippen MR) is 75.2 cm³/mol. The number of fused-ring (bicyclic) bond motifs is 1. The van der Waals surface area contributed by atoms with Gasteiger partial charge in [-0.05, 0) is 44.0 Å². The minimum Gasteiger partial charge on any atom is -0.454 e. The Morgan fingerprint density at radius 2 is 2.05 bits per heavy atom. The van der Waals surface area contributed by atoms with E-state index in [0.29, 0.717) is 11.8 Å². The lowest BCUT2D eigenvalue weighted by Crippen LogP contribution is -2.17. The van der Waals surface area contributed by atoms with Crippen molar-refractivity contribution in [3.05, 3.63) is 24.1 Å². The Morgan fingerprint density at radius 3 is 2.95 bits per heavy atom. The van der Waals surface area contributed by atoms with Gasteiger partial charge in [0.15, 0.2) is 11.5 Å². The Bertz CT molecular complexity index is 637. The molecule has 6 heteroatoms. The fraction of sp³-hybridized carbons (Fsp3) is 0.467. The third-order valence-corrected chi connectivity index (χ3v) is 3.66. The summed E-state index contributed by atoms with van der Waals surface area (Å²) in [7, 11) is 0. The first-order valence-electron chi connectivity index (χ1n) is 7.34. The minimum atomic E-state index is 0.266. The average molecular weight is 287 g/mol. The highest BCUT2D eigenvalue weighted by Crippen LogP contribution is 2.35. The molecule has 21 heavy (non-hydrogen) atoms. The van der Waals surface area contributed by atoms with E-state index in [4.69, 9.17) is 13.9 Å². The first kappa shape index (κ1) is 12.6. The minimum absolute atomic E-state index is 0.266. The topological polar surface area (TPSA) is 69.4 Å². The largest absolute Gasteiger partial charge is 0.454 e. The molecule has 0 spiro atoms. The highest BCUT2D eigenvalue weighted by atomic mass is 16.7. The van der Waals surface area contributed by atoms with Gasteiger partial charge in [0, 0.05) is 18.0 Å². The standard InChI is InChI=1S/C15H17N3O3/c1(7-16-11-4-5-11)2-14-17-18-15(21-14)10-3-6-12-13(8-10)20-9-19-12/h3,6,8,11,16H,1-2,4-5,7,9H2. The van der Waals surface area contributed by atoms with E-state index in [1.54, 1.807) is 0 Å². The number of ether oxygens (including phenoxy) is 2. The zero-order valence-electron chi connectivity index (χ0n) is 11.7. The summed E-state index contributed by atoms with van der Waals surface area (Å²) < 4.78 is 16.3. The van der Waals surface area contributed by atoms with E-state index in [1.807, 2.05) is 18.2 Å². The van der Waals surface area contributed by atoms with Crippen molar-refractivity contribution in [1.29, 1.82) is 0 Å². The van der Waals surface area contributed by atoms with Crippen LogP contribution in [0.2, 0.25) is 0 Å². The molecule has 2 heterocycles. The summed E-state index contributed by atoms with van der Waals surface area (Å²) >= 11 is 0. The third-order valence-electron chi connectivity index (χ3n) is 3.66. The first-order valence-corrected chi connectivity index (χ1v) is 7.34. The molecule has 0 radical (unpaired) electrons. The number of benzene rings is 1. The van der Waals surface area contributed by atoms with Crippen LogP contribution in [0.1, 0.15) is 25.2 Å². The quantitative estimate of drug-likeness (QED) is 0.821. The van der Waals surface area contributed by atoms with Gasteiger partial charge in [0.25, 0.3) is 0 Å². The lowest BCUT2D eigenvalue weighted by Gasteiger charge is -1.99. The zero-order valence-corrected chi connectivity index (χ0v) is 11.7. The second kappa shape index (κ2) is 5.37. The fourth-order valence-electron chi connectivity index (χ4n) is 2.33. The maximum atomic E-state index is 5.71. The summed E-state index contributed by atoms with van der Waals surface area (Å²) in [6, 6.07) is 6.38. The molecule has 1 aliphatic heterocycles. The van der Waals surface area contributed by atoms with Gasteiger partial charge in [-0.1, -0.05) is 0 Å². The number of rotatable bonds is 6. The van der Waals surface area contributed by atoms with E-state index in [-0.39, 0.29) is 6.79 Å². The Kier molecular flexibility index (Phi) is 3.23. The summed E-state index contributed by atoms with van der Waals surface area (Å²) in [5.74, 6) is 2.68. The Labute approximate surface area is 122 Å². The van der Waals surface area contributed by atoms with E-state index >= 15 is 0 Å². The molecule has 0 bridgehead atoms. The van der Waals surface area contributed by atoms with E-state index in [1.165, 1.54) is 12.8 Å². The van der Waals surface area contributed by atoms with Crippen molar-refractivity contribution in [2.24, 2.45) is 0 Å². The maximum absolute atomic E-state index is 5.71.